The molecule has 4 aromatic carbocycles. The predicted octanol–water partition coefficient (Wildman–Crippen LogP) is 14.3. The van der Waals surface area contributed by atoms with Crippen molar-refractivity contribution in [3.05, 3.63) is 92.8 Å². The quantitative estimate of drug-likeness (QED) is 0.0303. The van der Waals surface area contributed by atoms with Crippen LogP contribution in [0.15, 0.2) is 48.3 Å². The Morgan fingerprint density at radius 2 is 0.642 bits per heavy atom. The largest absolute Gasteiger partial charge is 0.493 e. The van der Waals surface area contributed by atoms with E-state index in [0.717, 1.165) is 42.7 Å². The summed E-state index contributed by atoms with van der Waals surface area (Å²) in [6.07, 6.45) is -53.3. The van der Waals surface area contributed by atoms with Gasteiger partial charge >= 0.3 is 23.9 Å². The lowest BCUT2D eigenvalue weighted by Gasteiger charge is -2.47. The summed E-state index contributed by atoms with van der Waals surface area (Å²) >= 11 is 0. The van der Waals surface area contributed by atoms with Crippen LogP contribution in [0, 0.1) is 70.7 Å². The molecule has 4 saturated heterocycles. The van der Waals surface area contributed by atoms with Crippen LogP contribution in [0.4, 0.5) is 0 Å². The van der Waals surface area contributed by atoms with Crippen LogP contribution in [0.3, 0.4) is 0 Å². The molecule has 16 unspecified atom stereocenters. The van der Waals surface area contributed by atoms with E-state index in [2.05, 4.69) is 0 Å². The van der Waals surface area contributed by atoms with E-state index in [1.54, 1.807) is 0 Å². The number of carbonyl (C=O) groups excluding carboxylic acids is 4. The van der Waals surface area contributed by atoms with Gasteiger partial charge in [0.25, 0.3) is 0 Å². The first kappa shape index (κ1) is 30.6. The van der Waals surface area contributed by atoms with Gasteiger partial charge in [-0.3, -0.25) is 38.8 Å². The summed E-state index contributed by atoms with van der Waals surface area (Å²) in [7, 11) is -0.474. The number of piperidine rings is 4. The number of ether oxygens (including phenoxy) is 12. The molecule has 4 fully saturated rings. The number of nitrogens with zero attached hydrogens (tertiary/aromatic N) is 4. The fourth-order valence-electron chi connectivity index (χ4n) is 11.9. The van der Waals surface area contributed by atoms with Crippen molar-refractivity contribution in [1.82, 2.24) is 19.6 Å². The van der Waals surface area contributed by atoms with Crippen molar-refractivity contribution in [1.29, 1.82) is 0 Å². The van der Waals surface area contributed by atoms with Crippen LogP contribution < -0.4 is 60.8 Å². The topological polar surface area (TPSA) is 296 Å². The summed E-state index contributed by atoms with van der Waals surface area (Å²) in [5.74, 6) is -66.2. The van der Waals surface area contributed by atoms with Gasteiger partial charge in [0.2, 0.25) is 0 Å². The highest BCUT2D eigenvalue weighted by atomic mass is 16.6. The Balaban J connectivity index is 0.000000307. The monoisotopic (exact) mass is 1770 g/mol. The molecule has 120 heavy (non-hydrogen) atoms. The summed E-state index contributed by atoms with van der Waals surface area (Å²) < 4.78 is 852. The summed E-state index contributed by atoms with van der Waals surface area (Å²) in [6.45, 7) is -66.3. The number of hydrogen-bond acceptors (Lipinski definition) is 24. The number of hydrogen-bond donors (Lipinski definition) is 4. The second kappa shape index (κ2) is 43.9. The fourth-order valence-corrected chi connectivity index (χ4v) is 11.9. The van der Waals surface area contributed by atoms with Gasteiger partial charge in [0.05, 0.1) is 86.9 Å². The SMILES string of the molecule is [2H]c1c2c(c([2H])c(OC)c1OC([2H])([2H])[2H])C1N(CC2)C([2H])([2H])C([2H])(C([2H])([2H])C([2H])(C)C([2H])([2H])[2H])C([2H])(OC(=O)[C@@]([2H])(N)C([2H])(C([2H])([2H])[2H])C([2H])([2H])[2H])C1([2H])[2H].[2H]c1c2c(c([2H])c(OC)c1OC([2H])([2H])[2H])C1N(CC2)C([2H])([2H])C([2H])(C([2H])([2H])C([2H])(C)C([2H])([2H])[2H])C([2H])(OC(=O)[C@@]([2H])(N)C([2H])(C([2H])([2H])[2H])C([2H])([2H])[2H])C1([2H])[2H].[2H]c1c2c(c([2H])c(OC)c1OC)C1([2H])N(CC2)C([2H])([2H])C([2H])(C([2H])([2H])C([2H])(C)C([2H])([2H])[2H])C(OC(=O)[C@@]([2H])(N)C([2H])(C([2H])([2H])[2H])C([2H])([2H])[2H])C1([2H])[2H].[2H]c1c2c(c([2H])c(OC)c1OC)C1N(CC2)C([2H])([2H])C([2H])(C([2H])([2H])C([2H])(C)C([2H])([2H])[2H])C([2H])(OC(=O)[C@@]([2H])(N)C([2H])(C([2H])([2H])[2H])C([2H])([2H])[2H])C1([2H])[2H]. The summed E-state index contributed by atoms with van der Waals surface area (Å²) in [5, 5.41) is 0. The molecule has 0 aliphatic carbocycles. The highest BCUT2D eigenvalue weighted by Gasteiger charge is 2.47. The average Bonchev–Trinajstić information content (AvgIpc) is 0.646. The first-order valence-corrected chi connectivity index (χ1v) is 35.0. The van der Waals surface area contributed by atoms with Crippen LogP contribution >= 0.6 is 0 Å². The molecule has 8 aliphatic heterocycles. The lowest BCUT2D eigenvalue weighted by molar-refractivity contribution is -0.161. The molecule has 672 valence electrons. The Morgan fingerprint density at radius 1 is 0.383 bits per heavy atom. The van der Waals surface area contributed by atoms with Crippen molar-refractivity contribution < 1.29 is 205 Å². The van der Waals surface area contributed by atoms with E-state index >= 15 is 0 Å². The number of benzene rings is 4. The molecular formula is C96H152N8O16. The summed E-state index contributed by atoms with van der Waals surface area (Å²) in [5.41, 5.74) is 18.0. The second-order valence-electron chi connectivity index (χ2n) is 25.5. The summed E-state index contributed by atoms with van der Waals surface area (Å²) in [6, 6.07) is -35.1. The molecule has 8 N–H and O–H groups in total. The molecule has 0 radical (unpaired) electrons. The van der Waals surface area contributed by atoms with Crippen molar-refractivity contribution >= 4 is 23.9 Å². The van der Waals surface area contributed by atoms with Crippen molar-refractivity contribution in [2.75, 3.05) is 109 Å². The molecule has 0 bridgehead atoms. The van der Waals surface area contributed by atoms with Gasteiger partial charge in [0.15, 0.2) is 46.0 Å². The van der Waals surface area contributed by atoms with Gasteiger partial charge in [-0.05, 0) is 191 Å². The molecule has 8 heterocycles. The van der Waals surface area contributed by atoms with Crippen LogP contribution in [-0.2, 0) is 63.8 Å². The smallest absolute Gasteiger partial charge is 0.323 e. The maximum atomic E-state index is 13.9. The standard InChI is InChI=1S/4C24H38N2O4/c4*1-14(2)9-17-13-26-8-7-16-10-21(28-5)22(29-6)11-18(16)19(26)12-20(17)30-24(27)23(25)15(3)4/h4*10-11,14-15,17,19-20,23H,7-9,12-13,25H2,1-6H3/t4*17?,19?,20?,23-/m0000/s1/i2*1D3,3D3,4D3,5D3,9D2,10D,11D,12D2,13D2,14D,15D,17D,20D,23D;1D3,3D3,4D3,9D2,10D,11D,12D2,13D2,14D,15D,17D,20D,23D;1D3,3D3,4D3,9D2,10D,11D,12D2,13D2,14D,15D,17D,19D,23D/t4*14?,17?,19?,20?,23-. The van der Waals surface area contributed by atoms with Crippen molar-refractivity contribution in [3.63, 3.8) is 0 Å². The van der Waals surface area contributed by atoms with Crippen molar-refractivity contribution in [2.24, 2.45) is 93.7 Å². The van der Waals surface area contributed by atoms with Gasteiger partial charge in [-0.2, -0.15) is 0 Å². The molecule has 24 nitrogen and oxygen atoms in total. The third kappa shape index (κ3) is 23.8. The lowest BCUT2D eigenvalue weighted by Crippen LogP contribution is -2.51. The van der Waals surface area contributed by atoms with Gasteiger partial charge in [-0.15, -0.1) is 0 Å². The predicted molar refractivity (Wildman–Crippen MR) is 471 cm³/mol. The Labute approximate surface area is 850 Å². The molecular weight excluding hydrogens is 1520 g/mol. The van der Waals surface area contributed by atoms with Crippen molar-refractivity contribution in [2.45, 2.75) is 259 Å². The minimum Gasteiger partial charge on any atom is -0.493 e. The maximum Gasteiger partial charge on any atom is 0.323 e. The molecule has 0 saturated carbocycles. The third-order valence-corrected chi connectivity index (χ3v) is 17.3. The van der Waals surface area contributed by atoms with E-state index in [1.807, 2.05) is 0 Å². The van der Waals surface area contributed by atoms with E-state index < -0.39 is 509 Å². The number of rotatable bonds is 28. The zero-order valence-electron chi connectivity index (χ0n) is 160. The van der Waals surface area contributed by atoms with Gasteiger partial charge < -0.3 is 79.8 Å². The van der Waals surface area contributed by atoms with Crippen LogP contribution in [0.5, 0.6) is 46.0 Å². The number of carbonyl (C=O) groups is 4. The van der Waals surface area contributed by atoms with E-state index in [-0.39, 0.29) is 27.5 Å². The third-order valence-electron chi connectivity index (χ3n) is 17.3. The molecule has 20 atom stereocenters. The molecule has 0 spiro atoms. The first-order chi connectivity index (χ1) is 93.6. The molecule has 0 aromatic heterocycles. The zero-order valence-corrected chi connectivity index (χ0v) is 65.6. The van der Waals surface area contributed by atoms with Gasteiger partial charge in [-0.1, -0.05) is 110 Å². The number of nitrogens with two attached hydrogens (primary N) is 4. The highest BCUT2D eigenvalue weighted by molar-refractivity contribution is 5.77. The van der Waals surface area contributed by atoms with E-state index in [1.165, 1.54) is 0 Å². The summed E-state index contributed by atoms with van der Waals surface area (Å²) in [4.78, 5) is 57.0. The van der Waals surface area contributed by atoms with Crippen molar-refractivity contribution in [3.8, 4) is 46.0 Å². The number of esters is 4. The lowest BCUT2D eigenvalue weighted by atomic mass is 9.79. The first-order valence-electron chi connectivity index (χ1n) is 82.0. The Kier molecular flexibility index (Phi) is 11.2. The zero-order chi connectivity index (χ0) is 170. The fraction of sp³-hybridized carbons (Fsp3) is 0.708. The minimum absolute atomic E-state index is 0.200. The van der Waals surface area contributed by atoms with Gasteiger partial charge in [0, 0.05) is 224 Å². The van der Waals surface area contributed by atoms with Crippen LogP contribution in [0.25, 0.3) is 0 Å². The number of fused-ring (bicyclic) bond motifs is 12. The Hall–Kier alpha value is -7.16. The Morgan fingerprint density at radius 3 is 0.933 bits per heavy atom. The molecule has 12 rings (SSSR count). The van der Waals surface area contributed by atoms with Crippen LogP contribution in [-0.4, -0.2) is 201 Å². The minimum atomic E-state index is -4.71. The van der Waals surface area contributed by atoms with Gasteiger partial charge in [0.1, 0.15) is 48.4 Å². The maximum absolute atomic E-state index is 13.9. The second-order valence-corrected chi connectivity index (χ2v) is 25.5. The van der Waals surface area contributed by atoms with Crippen LogP contribution in [0.1, 0.15) is 358 Å². The molecule has 4 aromatic rings. The Bertz CT molecular complexity index is 8220. The number of methoxy groups -OCH3 is 8. The van der Waals surface area contributed by atoms with E-state index in [9.17, 15) is 52.1 Å². The van der Waals surface area contributed by atoms with Gasteiger partial charge in [-0.25, -0.2) is 0 Å². The average molecular weight is 1770 g/mol. The van der Waals surface area contributed by atoms with Crippen LogP contribution in [0.2, 0.25) is 0 Å². The molecule has 0 amide bonds. The van der Waals surface area contributed by atoms with E-state index in [0.29, 0.717) is 42.4 Å². The molecule has 24 heteroatoms. The normalized spacial score (nSPS) is 50.0. The molecule has 8 aliphatic rings. The van der Waals surface area contributed by atoms with E-state index in [4.69, 9.17) is 176 Å². The highest BCUT2D eigenvalue weighted by Crippen LogP contribution is 2.50.